The lowest BCUT2D eigenvalue weighted by Crippen LogP contribution is -2.40. The van der Waals surface area contributed by atoms with Crippen LogP contribution >= 0.6 is 0 Å². The molecule has 0 unspecified atom stereocenters. The molecule has 1 aliphatic rings. The predicted molar refractivity (Wildman–Crippen MR) is 58.1 cm³/mol. The van der Waals surface area contributed by atoms with Gasteiger partial charge < -0.3 is 15.4 Å². The van der Waals surface area contributed by atoms with Crippen LogP contribution in [0.2, 0.25) is 0 Å². The molecule has 0 spiro atoms. The van der Waals surface area contributed by atoms with Crippen LogP contribution in [0.25, 0.3) is 0 Å². The van der Waals surface area contributed by atoms with Gasteiger partial charge >= 0.3 is 0 Å². The van der Waals surface area contributed by atoms with Gasteiger partial charge in [0.05, 0.1) is 19.3 Å². The first-order valence-electron chi connectivity index (χ1n) is 4.96. The Morgan fingerprint density at radius 3 is 2.87 bits per heavy atom. The van der Waals surface area contributed by atoms with Crippen LogP contribution < -0.4 is 10.6 Å². The van der Waals surface area contributed by atoms with Gasteiger partial charge in [-0.05, 0) is 18.2 Å². The molecule has 1 saturated heterocycles. The van der Waals surface area contributed by atoms with Crippen LogP contribution in [-0.2, 0) is 4.74 Å². The molecular weight excluding hydrogens is 192 g/mol. The summed E-state index contributed by atoms with van der Waals surface area (Å²) in [6.07, 6.45) is 0. The molecule has 1 amide bonds. The lowest BCUT2D eigenvalue weighted by Gasteiger charge is -2.27. The highest BCUT2D eigenvalue weighted by atomic mass is 16.5. The lowest BCUT2D eigenvalue weighted by atomic mass is 10.1. The van der Waals surface area contributed by atoms with E-state index in [0.717, 1.165) is 18.9 Å². The molecule has 1 aromatic rings. The molecule has 1 heterocycles. The quantitative estimate of drug-likeness (QED) is 0.771. The highest BCUT2D eigenvalue weighted by Crippen LogP contribution is 2.14. The Balaban J connectivity index is 2.07. The number of hydrogen-bond donors (Lipinski definition) is 2. The van der Waals surface area contributed by atoms with Crippen molar-refractivity contribution >= 4 is 11.6 Å². The molecule has 4 heteroatoms. The van der Waals surface area contributed by atoms with Crippen LogP contribution in [0.4, 0.5) is 5.69 Å². The topological polar surface area (TPSA) is 50.4 Å². The van der Waals surface area contributed by atoms with Crippen molar-refractivity contribution in [2.24, 2.45) is 0 Å². The van der Waals surface area contributed by atoms with E-state index in [1.165, 1.54) is 0 Å². The average Bonchev–Trinajstić information content (AvgIpc) is 2.23. The molecule has 0 radical (unpaired) electrons. The van der Waals surface area contributed by atoms with E-state index < -0.39 is 0 Å². The van der Waals surface area contributed by atoms with Crippen molar-refractivity contribution in [1.29, 1.82) is 0 Å². The summed E-state index contributed by atoms with van der Waals surface area (Å²) in [5.41, 5.74) is 1.63. The summed E-state index contributed by atoms with van der Waals surface area (Å²) >= 11 is 0. The van der Waals surface area contributed by atoms with E-state index in [2.05, 4.69) is 10.6 Å². The maximum atomic E-state index is 11.4. The van der Waals surface area contributed by atoms with E-state index in [0.29, 0.717) is 11.6 Å². The maximum absolute atomic E-state index is 11.4. The van der Waals surface area contributed by atoms with Crippen molar-refractivity contribution in [2.75, 3.05) is 25.6 Å². The number of amides is 1. The molecule has 0 aliphatic carbocycles. The van der Waals surface area contributed by atoms with Crippen molar-refractivity contribution in [3.05, 3.63) is 29.8 Å². The smallest absolute Gasteiger partial charge is 0.251 e. The molecular formula is C11H14N2O2. The van der Waals surface area contributed by atoms with Crippen molar-refractivity contribution in [2.45, 2.75) is 6.04 Å². The summed E-state index contributed by atoms with van der Waals surface area (Å²) in [6.45, 7) is 1.48. The summed E-state index contributed by atoms with van der Waals surface area (Å²) in [5, 5.41) is 5.89. The van der Waals surface area contributed by atoms with Gasteiger partial charge in [-0.1, -0.05) is 6.07 Å². The van der Waals surface area contributed by atoms with Crippen LogP contribution in [0.1, 0.15) is 10.4 Å². The zero-order chi connectivity index (χ0) is 10.7. The fourth-order valence-corrected chi connectivity index (χ4v) is 1.45. The second-order valence-corrected chi connectivity index (χ2v) is 3.54. The predicted octanol–water partition coefficient (Wildman–Crippen LogP) is 0.857. The highest BCUT2D eigenvalue weighted by molar-refractivity contribution is 5.94. The van der Waals surface area contributed by atoms with Crippen LogP contribution in [0.5, 0.6) is 0 Å². The van der Waals surface area contributed by atoms with Crippen molar-refractivity contribution in [1.82, 2.24) is 5.32 Å². The number of nitrogens with one attached hydrogen (secondary N) is 2. The first kappa shape index (κ1) is 9.98. The Hall–Kier alpha value is -1.55. The van der Waals surface area contributed by atoms with Crippen LogP contribution in [-0.4, -0.2) is 32.2 Å². The van der Waals surface area contributed by atoms with E-state index in [1.807, 2.05) is 18.2 Å². The summed E-state index contributed by atoms with van der Waals surface area (Å²) in [7, 11) is 1.63. The van der Waals surface area contributed by atoms with Crippen molar-refractivity contribution in [3.63, 3.8) is 0 Å². The Labute approximate surface area is 88.6 Å². The second kappa shape index (κ2) is 4.31. The number of carbonyl (C=O) groups excluding carboxylic acids is 1. The monoisotopic (exact) mass is 206 g/mol. The van der Waals surface area contributed by atoms with Gasteiger partial charge in [-0.3, -0.25) is 4.79 Å². The largest absolute Gasteiger partial charge is 0.378 e. The minimum absolute atomic E-state index is 0.0662. The van der Waals surface area contributed by atoms with Gasteiger partial charge in [0, 0.05) is 18.3 Å². The number of anilines is 1. The van der Waals surface area contributed by atoms with Crippen LogP contribution in [0, 0.1) is 0 Å². The van der Waals surface area contributed by atoms with Gasteiger partial charge in [-0.25, -0.2) is 0 Å². The zero-order valence-corrected chi connectivity index (χ0v) is 8.62. The number of carbonyl (C=O) groups is 1. The summed E-state index contributed by atoms with van der Waals surface area (Å²) in [5.74, 6) is -0.0662. The molecule has 1 aromatic carbocycles. The number of benzene rings is 1. The molecule has 0 saturated carbocycles. The molecule has 4 nitrogen and oxygen atoms in total. The van der Waals surface area contributed by atoms with Crippen LogP contribution in [0.15, 0.2) is 24.3 Å². The average molecular weight is 206 g/mol. The van der Waals surface area contributed by atoms with E-state index in [1.54, 1.807) is 13.1 Å². The van der Waals surface area contributed by atoms with E-state index >= 15 is 0 Å². The Bertz CT molecular complexity index is 361. The van der Waals surface area contributed by atoms with Gasteiger partial charge in [0.1, 0.15) is 0 Å². The number of hydrogen-bond acceptors (Lipinski definition) is 3. The maximum Gasteiger partial charge on any atom is 0.251 e. The molecule has 2 rings (SSSR count). The molecule has 80 valence electrons. The van der Waals surface area contributed by atoms with Gasteiger partial charge in [-0.2, -0.15) is 0 Å². The Morgan fingerprint density at radius 1 is 1.47 bits per heavy atom. The van der Waals surface area contributed by atoms with Gasteiger partial charge in [0.25, 0.3) is 5.91 Å². The van der Waals surface area contributed by atoms with Crippen LogP contribution in [0.3, 0.4) is 0 Å². The molecule has 15 heavy (non-hydrogen) atoms. The molecule has 0 atom stereocenters. The van der Waals surface area contributed by atoms with E-state index in [4.69, 9.17) is 4.74 Å². The SMILES string of the molecule is CNC(=O)c1cccc(NC2COC2)c1. The first-order valence-corrected chi connectivity index (χ1v) is 4.96. The third-order valence-electron chi connectivity index (χ3n) is 2.36. The Morgan fingerprint density at radius 2 is 2.27 bits per heavy atom. The Kier molecular flexibility index (Phi) is 2.87. The third-order valence-corrected chi connectivity index (χ3v) is 2.36. The lowest BCUT2D eigenvalue weighted by molar-refractivity contribution is 0.0211. The molecule has 1 aliphatic heterocycles. The fourth-order valence-electron chi connectivity index (χ4n) is 1.45. The van der Waals surface area contributed by atoms with Crippen molar-refractivity contribution < 1.29 is 9.53 Å². The zero-order valence-electron chi connectivity index (χ0n) is 8.62. The van der Waals surface area contributed by atoms with Crippen molar-refractivity contribution in [3.8, 4) is 0 Å². The minimum Gasteiger partial charge on any atom is -0.378 e. The van der Waals surface area contributed by atoms with E-state index in [9.17, 15) is 4.79 Å². The highest BCUT2D eigenvalue weighted by Gasteiger charge is 2.17. The second-order valence-electron chi connectivity index (χ2n) is 3.54. The third kappa shape index (κ3) is 2.27. The first-order chi connectivity index (χ1) is 7.29. The summed E-state index contributed by atoms with van der Waals surface area (Å²) in [4.78, 5) is 11.4. The summed E-state index contributed by atoms with van der Waals surface area (Å²) in [6, 6.07) is 7.83. The molecule has 0 bridgehead atoms. The normalized spacial score (nSPS) is 15.5. The van der Waals surface area contributed by atoms with E-state index in [-0.39, 0.29) is 5.91 Å². The van der Waals surface area contributed by atoms with Gasteiger partial charge in [0.2, 0.25) is 0 Å². The number of ether oxygens (including phenoxy) is 1. The summed E-state index contributed by atoms with van der Waals surface area (Å²) < 4.78 is 5.06. The minimum atomic E-state index is -0.0662. The standard InChI is InChI=1S/C11H14N2O2/c1-12-11(14)8-3-2-4-9(5-8)13-10-6-15-7-10/h2-5,10,13H,6-7H2,1H3,(H,12,14). The fraction of sp³-hybridized carbons (Fsp3) is 0.364. The molecule has 0 aromatic heterocycles. The van der Waals surface area contributed by atoms with Gasteiger partial charge in [-0.15, -0.1) is 0 Å². The molecule has 2 N–H and O–H groups in total. The number of rotatable bonds is 3. The molecule has 1 fully saturated rings. The van der Waals surface area contributed by atoms with Gasteiger partial charge in [0.15, 0.2) is 0 Å².